The molecule has 0 bridgehead atoms. The lowest BCUT2D eigenvalue weighted by atomic mass is 10.2. The molecule has 0 radical (unpaired) electrons. The van der Waals surface area contributed by atoms with Gasteiger partial charge in [0.25, 0.3) is 0 Å². The Bertz CT molecular complexity index is 1010. The molecule has 1 N–H and O–H groups in total. The van der Waals surface area contributed by atoms with Gasteiger partial charge in [-0.2, -0.15) is 0 Å². The summed E-state index contributed by atoms with van der Waals surface area (Å²) in [7, 11) is 1.65. The fourth-order valence-electron chi connectivity index (χ4n) is 3.20. The molecule has 2 aromatic carbocycles. The van der Waals surface area contributed by atoms with E-state index in [1.165, 1.54) is 5.56 Å². The van der Waals surface area contributed by atoms with Crippen molar-refractivity contribution in [3.63, 3.8) is 0 Å². The second-order valence-electron chi connectivity index (χ2n) is 6.83. The molecule has 0 unspecified atom stereocenters. The second-order valence-corrected chi connectivity index (χ2v) is 7.69. The third-order valence-electron chi connectivity index (χ3n) is 4.69. The Morgan fingerprint density at radius 1 is 0.906 bits per heavy atom. The van der Waals surface area contributed by atoms with Crippen molar-refractivity contribution in [1.82, 2.24) is 10.3 Å². The molecule has 0 saturated heterocycles. The molecule has 0 spiro atoms. The van der Waals surface area contributed by atoms with Crippen LogP contribution in [0.25, 0.3) is 0 Å². The topological polar surface area (TPSA) is 61.8 Å². The summed E-state index contributed by atoms with van der Waals surface area (Å²) in [5.41, 5.74) is 3.28. The van der Waals surface area contributed by atoms with Gasteiger partial charge >= 0.3 is 0 Å². The number of nitrogens with zero attached hydrogens (tertiary/aromatic N) is 1. The van der Waals surface area contributed by atoms with Crippen molar-refractivity contribution in [2.45, 2.75) is 19.7 Å². The molecule has 4 rings (SSSR count). The van der Waals surface area contributed by atoms with Crippen LogP contribution in [0.2, 0.25) is 0 Å². The van der Waals surface area contributed by atoms with Crippen LogP contribution in [0, 0.1) is 0 Å². The van der Waals surface area contributed by atoms with Crippen LogP contribution in [0.15, 0.2) is 59.3 Å². The first-order chi connectivity index (χ1) is 14.7. The minimum absolute atomic E-state index is 0. The molecule has 0 atom stereocenters. The lowest BCUT2D eigenvalue weighted by Crippen LogP contribution is -2.15. The summed E-state index contributed by atoms with van der Waals surface area (Å²) in [6.07, 6.45) is 3.59. The van der Waals surface area contributed by atoms with Crippen molar-refractivity contribution >= 4 is 40.7 Å². The van der Waals surface area contributed by atoms with Gasteiger partial charge in [-0.1, -0.05) is 6.07 Å². The molecule has 9 heteroatoms. The highest BCUT2D eigenvalue weighted by Crippen LogP contribution is 2.38. The molecule has 1 aliphatic heterocycles. The van der Waals surface area contributed by atoms with Gasteiger partial charge in [-0.3, -0.25) is 4.98 Å². The average Bonchev–Trinajstić information content (AvgIpc) is 2.78. The predicted octanol–water partition coefficient (Wildman–Crippen LogP) is 5.34. The quantitative estimate of drug-likeness (QED) is 0.414. The number of benzene rings is 2. The van der Waals surface area contributed by atoms with E-state index in [2.05, 4.69) is 26.2 Å². The van der Waals surface area contributed by atoms with E-state index in [1.54, 1.807) is 19.5 Å². The van der Waals surface area contributed by atoms with Gasteiger partial charge in [-0.05, 0) is 69.0 Å². The summed E-state index contributed by atoms with van der Waals surface area (Å²) in [6.45, 7) is 3.01. The van der Waals surface area contributed by atoms with Gasteiger partial charge in [0.05, 0.1) is 11.6 Å². The Balaban J connectivity index is 0.00000181. The Hall–Kier alpha value is -2.19. The zero-order chi connectivity index (χ0) is 20.8. The highest BCUT2D eigenvalue weighted by Gasteiger charge is 2.15. The highest BCUT2D eigenvalue weighted by atomic mass is 79.9. The molecule has 3 aromatic rings. The summed E-state index contributed by atoms with van der Waals surface area (Å²) < 4.78 is 23.7. The molecule has 1 aliphatic rings. The number of pyridine rings is 1. The molecule has 2 heterocycles. The van der Waals surface area contributed by atoms with E-state index < -0.39 is 0 Å². The monoisotopic (exact) mass is 542 g/mol. The van der Waals surface area contributed by atoms with Crippen LogP contribution in [0.3, 0.4) is 0 Å². The molecule has 172 valence electrons. The first-order valence-electron chi connectivity index (χ1n) is 9.70. The summed E-state index contributed by atoms with van der Waals surface area (Å²) in [5.74, 6) is 2.88. The molecule has 0 fully saturated rings. The van der Waals surface area contributed by atoms with E-state index in [-0.39, 0.29) is 24.8 Å². The molecular formula is C23H25BrCl2N2O4. The summed E-state index contributed by atoms with van der Waals surface area (Å²) in [4.78, 5) is 4.04. The number of ether oxygens (including phenoxy) is 4. The number of hydrogen-bond donors (Lipinski definition) is 1. The van der Waals surface area contributed by atoms with Crippen molar-refractivity contribution in [3.8, 4) is 23.0 Å². The van der Waals surface area contributed by atoms with Gasteiger partial charge in [0.15, 0.2) is 23.0 Å². The van der Waals surface area contributed by atoms with E-state index in [4.69, 9.17) is 18.9 Å². The summed E-state index contributed by atoms with van der Waals surface area (Å²) >= 11 is 3.62. The number of fused-ring (bicyclic) bond motifs is 1. The van der Waals surface area contributed by atoms with Crippen LogP contribution in [-0.2, 0) is 19.7 Å². The molecule has 32 heavy (non-hydrogen) atoms. The van der Waals surface area contributed by atoms with Gasteiger partial charge in [0, 0.05) is 25.5 Å². The SMILES string of the molecule is COc1cc(CNCc2ccncc2)cc(Br)c1OCc1ccc2c(c1)OCCO2.Cl.Cl. The fourth-order valence-corrected chi connectivity index (χ4v) is 3.80. The van der Waals surface area contributed by atoms with E-state index in [0.29, 0.717) is 37.9 Å². The van der Waals surface area contributed by atoms with E-state index in [0.717, 1.165) is 33.6 Å². The van der Waals surface area contributed by atoms with Gasteiger partial charge in [-0.25, -0.2) is 0 Å². The molecule has 1 aromatic heterocycles. The standard InChI is InChI=1S/C23H23BrN2O4.2ClH/c1-27-22-12-18(14-26-13-16-4-6-25-7-5-16)10-19(24)23(22)30-15-17-2-3-20-21(11-17)29-9-8-28-20;;/h2-7,10-12,26H,8-9,13-15H2,1H3;2*1H. The Morgan fingerprint density at radius 3 is 2.38 bits per heavy atom. The highest BCUT2D eigenvalue weighted by molar-refractivity contribution is 9.10. The maximum atomic E-state index is 6.07. The van der Waals surface area contributed by atoms with Crippen LogP contribution >= 0.6 is 40.7 Å². The Kier molecular flexibility index (Phi) is 10.4. The Morgan fingerprint density at radius 2 is 1.62 bits per heavy atom. The van der Waals surface area contributed by atoms with E-state index in [1.807, 2.05) is 42.5 Å². The minimum Gasteiger partial charge on any atom is -0.493 e. The van der Waals surface area contributed by atoms with Crippen LogP contribution in [0.4, 0.5) is 0 Å². The van der Waals surface area contributed by atoms with Crippen LogP contribution in [0.1, 0.15) is 16.7 Å². The number of methoxy groups -OCH3 is 1. The van der Waals surface area contributed by atoms with Crippen molar-refractivity contribution in [2.75, 3.05) is 20.3 Å². The molecule has 6 nitrogen and oxygen atoms in total. The normalized spacial score (nSPS) is 11.7. The number of halogens is 3. The fraction of sp³-hybridized carbons (Fsp3) is 0.261. The smallest absolute Gasteiger partial charge is 0.175 e. The zero-order valence-electron chi connectivity index (χ0n) is 17.5. The van der Waals surface area contributed by atoms with Gasteiger partial charge in [0.1, 0.15) is 19.8 Å². The van der Waals surface area contributed by atoms with Crippen molar-refractivity contribution in [1.29, 1.82) is 0 Å². The predicted molar refractivity (Wildman–Crippen MR) is 132 cm³/mol. The van der Waals surface area contributed by atoms with Crippen molar-refractivity contribution < 1.29 is 18.9 Å². The average molecular weight is 544 g/mol. The van der Waals surface area contributed by atoms with Crippen LogP contribution < -0.4 is 24.3 Å². The molecule has 0 amide bonds. The lowest BCUT2D eigenvalue weighted by molar-refractivity contribution is 0.171. The first-order valence-corrected chi connectivity index (χ1v) is 10.5. The third kappa shape index (κ3) is 6.65. The molecular weight excluding hydrogens is 519 g/mol. The number of hydrogen-bond acceptors (Lipinski definition) is 6. The maximum absolute atomic E-state index is 6.07. The Labute approximate surface area is 208 Å². The van der Waals surface area contributed by atoms with Gasteiger partial charge in [0.2, 0.25) is 0 Å². The number of aromatic nitrogens is 1. The number of rotatable bonds is 8. The number of nitrogens with one attached hydrogen (secondary N) is 1. The van der Waals surface area contributed by atoms with Crippen molar-refractivity contribution in [2.24, 2.45) is 0 Å². The third-order valence-corrected chi connectivity index (χ3v) is 5.28. The van der Waals surface area contributed by atoms with Crippen molar-refractivity contribution in [3.05, 3.63) is 76.0 Å². The van der Waals surface area contributed by atoms with Gasteiger partial charge in [-0.15, -0.1) is 24.8 Å². The summed E-state index contributed by atoms with van der Waals surface area (Å²) in [6, 6.07) is 13.9. The lowest BCUT2D eigenvalue weighted by Gasteiger charge is -2.19. The molecule has 0 aliphatic carbocycles. The maximum Gasteiger partial charge on any atom is 0.175 e. The largest absolute Gasteiger partial charge is 0.493 e. The molecule has 0 saturated carbocycles. The zero-order valence-corrected chi connectivity index (χ0v) is 20.7. The summed E-state index contributed by atoms with van der Waals surface area (Å²) in [5, 5.41) is 3.43. The second kappa shape index (κ2) is 12.7. The van der Waals surface area contributed by atoms with Gasteiger partial charge < -0.3 is 24.3 Å². The van der Waals surface area contributed by atoms with Crippen LogP contribution in [0.5, 0.6) is 23.0 Å². The first kappa shape index (κ1) is 26.1. The van der Waals surface area contributed by atoms with E-state index in [9.17, 15) is 0 Å². The van der Waals surface area contributed by atoms with Crippen LogP contribution in [-0.4, -0.2) is 25.3 Å². The minimum atomic E-state index is 0. The van der Waals surface area contributed by atoms with E-state index >= 15 is 0 Å².